The Kier molecular flexibility index (Phi) is 6.77. The minimum atomic E-state index is -2.49. The normalized spacial score (nSPS) is 16.3. The summed E-state index contributed by atoms with van der Waals surface area (Å²) in [6.45, 7) is 13.6. The fourth-order valence-electron chi connectivity index (χ4n) is 4.24. The molecule has 27 heavy (non-hydrogen) atoms. The summed E-state index contributed by atoms with van der Waals surface area (Å²) in [5.41, 5.74) is 9.72. The molecule has 143 valence electrons. The first-order valence-electron chi connectivity index (χ1n) is 9.89. The first-order valence-corrected chi connectivity index (χ1v) is 17.6. The first-order chi connectivity index (χ1) is 12.7. The van der Waals surface area contributed by atoms with Gasteiger partial charge in [-0.25, -0.2) is 0 Å². The van der Waals surface area contributed by atoms with Gasteiger partial charge in [-0.05, 0) is 0 Å². The van der Waals surface area contributed by atoms with Gasteiger partial charge < -0.3 is 0 Å². The molecule has 0 aromatic heterocycles. The molecular weight excluding hydrogens is 450 g/mol. The number of rotatable bonds is 5. The molecule has 0 heterocycles. The third kappa shape index (κ3) is 4.03. The molecule has 0 spiro atoms. The van der Waals surface area contributed by atoms with Crippen LogP contribution in [0.4, 0.5) is 0 Å². The van der Waals surface area contributed by atoms with E-state index in [4.69, 9.17) is 17.0 Å². The van der Waals surface area contributed by atoms with E-state index >= 15 is 0 Å². The van der Waals surface area contributed by atoms with Crippen LogP contribution in [0.5, 0.6) is 0 Å². The summed E-state index contributed by atoms with van der Waals surface area (Å²) in [4.78, 5) is 0. The minimum absolute atomic E-state index is 0.275. The fourth-order valence-corrected chi connectivity index (χ4v) is 9.96. The molecule has 3 rings (SSSR count). The summed E-state index contributed by atoms with van der Waals surface area (Å²) < 4.78 is 0.275. The number of benzene rings is 2. The second kappa shape index (κ2) is 8.56. The second-order valence-corrected chi connectivity index (χ2v) is 17.3. The molecule has 2 aromatic carbocycles. The molecule has 0 radical (unpaired) electrons. The number of fused-ring (bicyclic) bond motifs is 1. The Balaban J connectivity index is 2.36. The van der Waals surface area contributed by atoms with E-state index in [1.54, 1.807) is 0 Å². The zero-order valence-electron chi connectivity index (χ0n) is 17.1. The molecule has 1 aliphatic rings. The van der Waals surface area contributed by atoms with E-state index in [2.05, 4.69) is 84.0 Å². The van der Waals surface area contributed by atoms with E-state index in [0.29, 0.717) is 17.8 Å². The zero-order chi connectivity index (χ0) is 19.9. The summed E-state index contributed by atoms with van der Waals surface area (Å²) in [5.74, 6) is 1.41. The van der Waals surface area contributed by atoms with Crippen molar-refractivity contribution in [3.8, 4) is 11.1 Å². The Hall–Kier alpha value is -0.357. The summed E-state index contributed by atoms with van der Waals surface area (Å²) >= 11 is -2.49. The Bertz CT molecular complexity index is 863. The van der Waals surface area contributed by atoms with Gasteiger partial charge in [-0.2, -0.15) is 0 Å². The predicted octanol–water partition coefficient (Wildman–Crippen LogP) is 8.62. The van der Waals surface area contributed by atoms with E-state index < -0.39 is 19.4 Å². The van der Waals surface area contributed by atoms with Crippen molar-refractivity contribution in [2.24, 2.45) is 5.92 Å². The molecule has 0 saturated carbocycles. The molecule has 1 atom stereocenters. The average Bonchev–Trinajstić information content (AvgIpc) is 3.00. The molecule has 0 fully saturated rings. The monoisotopic (exact) mass is 477 g/mol. The molecule has 0 aliphatic heterocycles. The zero-order valence-corrected chi connectivity index (χ0v) is 21.1. The van der Waals surface area contributed by atoms with Crippen LogP contribution in [0.15, 0.2) is 42.0 Å². The van der Waals surface area contributed by atoms with Gasteiger partial charge in [0, 0.05) is 0 Å². The molecule has 1 aliphatic carbocycles. The third-order valence-electron chi connectivity index (χ3n) is 5.63. The van der Waals surface area contributed by atoms with Crippen molar-refractivity contribution >= 4 is 23.1 Å². The number of allylic oxidation sites excluding steroid dienone is 1. The van der Waals surface area contributed by atoms with Crippen LogP contribution in [0.3, 0.4) is 0 Å². The molecule has 0 nitrogen and oxygen atoms in total. The standard InChI is InChI=1S/C24H29.2ClH.Zr/c1-15(2)19-13-18-11-12-21(17(5)6)24(23(18)14-19)22-10-8-7-9-20(22)16(3)4;;;/h7-17H,1-6H3;2*1H;/q;;;+2/p-2. The Morgan fingerprint density at radius 1 is 0.778 bits per heavy atom. The van der Waals surface area contributed by atoms with Crippen molar-refractivity contribution in [1.29, 1.82) is 0 Å². The number of halogens is 2. The van der Waals surface area contributed by atoms with Gasteiger partial charge in [-0.1, -0.05) is 0 Å². The Morgan fingerprint density at radius 2 is 1.41 bits per heavy atom. The summed E-state index contributed by atoms with van der Waals surface area (Å²) in [6, 6.07) is 13.5. The van der Waals surface area contributed by atoms with Crippen molar-refractivity contribution < 1.29 is 19.4 Å². The van der Waals surface area contributed by atoms with Crippen molar-refractivity contribution in [3.63, 3.8) is 0 Å². The molecule has 0 saturated heterocycles. The molecule has 1 unspecified atom stereocenters. The van der Waals surface area contributed by atoms with Crippen LogP contribution in [0.1, 0.15) is 79.3 Å². The summed E-state index contributed by atoms with van der Waals surface area (Å²) in [6.07, 6.45) is 2.41. The quantitative estimate of drug-likeness (QED) is 0.403. The molecule has 0 bridgehead atoms. The predicted molar refractivity (Wildman–Crippen MR) is 117 cm³/mol. The van der Waals surface area contributed by atoms with Gasteiger partial charge in [-0.15, -0.1) is 0 Å². The van der Waals surface area contributed by atoms with Gasteiger partial charge in [0.25, 0.3) is 0 Å². The van der Waals surface area contributed by atoms with E-state index in [9.17, 15) is 0 Å². The van der Waals surface area contributed by atoms with Gasteiger partial charge >= 0.3 is 181 Å². The van der Waals surface area contributed by atoms with Crippen molar-refractivity contribution in [2.75, 3.05) is 0 Å². The molecular formula is C24H29Cl2Zr. The van der Waals surface area contributed by atoms with E-state index in [1.165, 1.54) is 39.0 Å². The topological polar surface area (TPSA) is 0 Å². The van der Waals surface area contributed by atoms with Crippen LogP contribution >= 0.6 is 17.0 Å². The van der Waals surface area contributed by atoms with Crippen LogP contribution in [0.25, 0.3) is 17.2 Å². The van der Waals surface area contributed by atoms with E-state index in [-0.39, 0.29) is 3.63 Å². The Morgan fingerprint density at radius 3 is 1.96 bits per heavy atom. The second-order valence-electron chi connectivity index (χ2n) is 8.45. The van der Waals surface area contributed by atoms with Crippen LogP contribution in [-0.4, -0.2) is 0 Å². The van der Waals surface area contributed by atoms with Gasteiger partial charge in [-0.3, -0.25) is 0 Å². The van der Waals surface area contributed by atoms with Crippen LogP contribution in [-0.2, 0) is 19.4 Å². The third-order valence-corrected chi connectivity index (χ3v) is 10.9. The van der Waals surface area contributed by atoms with Gasteiger partial charge in [0.1, 0.15) is 0 Å². The molecule has 2 aromatic rings. The maximum absolute atomic E-state index is 6.65. The number of hydrogen-bond donors (Lipinski definition) is 0. The van der Waals surface area contributed by atoms with E-state index in [1.807, 2.05) is 0 Å². The molecule has 3 heteroatoms. The summed E-state index contributed by atoms with van der Waals surface area (Å²) in [7, 11) is 13.3. The Labute approximate surface area is 179 Å². The van der Waals surface area contributed by atoms with Crippen molar-refractivity contribution in [2.45, 2.75) is 57.0 Å². The SMILES string of the molecule is CC(C)C1=Cc2c(ccc(C(C)C)c2-c2ccccc2C(C)C)[CH]1[Zr]([Cl])[Cl]. The number of hydrogen-bond acceptors (Lipinski definition) is 0. The van der Waals surface area contributed by atoms with Crippen LogP contribution in [0.2, 0.25) is 0 Å². The molecule has 0 amide bonds. The van der Waals surface area contributed by atoms with Crippen LogP contribution < -0.4 is 0 Å². The van der Waals surface area contributed by atoms with Crippen molar-refractivity contribution in [1.82, 2.24) is 0 Å². The van der Waals surface area contributed by atoms with Gasteiger partial charge in [0.15, 0.2) is 0 Å². The molecule has 0 N–H and O–H groups in total. The van der Waals surface area contributed by atoms with E-state index in [0.717, 1.165) is 0 Å². The summed E-state index contributed by atoms with van der Waals surface area (Å²) in [5, 5.41) is 0. The average molecular weight is 480 g/mol. The fraction of sp³-hybridized carbons (Fsp3) is 0.417. The van der Waals surface area contributed by atoms with Crippen LogP contribution in [0, 0.1) is 5.92 Å². The van der Waals surface area contributed by atoms with Gasteiger partial charge in [0.2, 0.25) is 0 Å². The van der Waals surface area contributed by atoms with Crippen molar-refractivity contribution in [3.05, 3.63) is 64.2 Å². The maximum atomic E-state index is 6.65. The van der Waals surface area contributed by atoms with Gasteiger partial charge in [0.05, 0.1) is 0 Å². The first kappa shape index (κ1) is 21.4.